The van der Waals surface area contributed by atoms with Crippen molar-refractivity contribution in [2.75, 3.05) is 13.7 Å². The van der Waals surface area contributed by atoms with E-state index in [0.717, 1.165) is 11.1 Å². The average molecular weight is 469 g/mol. The molecular formula is C20H28IN3O2. The van der Waals surface area contributed by atoms with Crippen LogP contribution in [-0.2, 0) is 29.2 Å². The molecule has 26 heavy (non-hydrogen) atoms. The predicted octanol–water partition coefficient (Wildman–Crippen LogP) is 3.46. The summed E-state index contributed by atoms with van der Waals surface area (Å²) in [5, 5.41) is 3.10. The van der Waals surface area contributed by atoms with Crippen LogP contribution >= 0.6 is 24.0 Å². The molecule has 2 aromatic carbocycles. The Morgan fingerprint density at radius 3 is 2.42 bits per heavy atom. The second-order valence-electron chi connectivity index (χ2n) is 6.00. The number of hydrogen-bond acceptors (Lipinski definition) is 3. The molecule has 6 heteroatoms. The Kier molecular flexibility index (Phi) is 10.9. The molecule has 0 radical (unpaired) electrons. The Morgan fingerprint density at radius 1 is 1.04 bits per heavy atom. The first-order chi connectivity index (χ1) is 12.2. The SMILES string of the molecule is COCC(C)NC(N)=NCc1cccc(COCc2ccccc2)c1.I. The van der Waals surface area contributed by atoms with Crippen molar-refractivity contribution in [1.29, 1.82) is 0 Å². The van der Waals surface area contributed by atoms with Crippen LogP contribution in [-0.4, -0.2) is 25.7 Å². The van der Waals surface area contributed by atoms with Crippen LogP contribution in [0.15, 0.2) is 59.6 Å². The molecule has 0 amide bonds. The zero-order chi connectivity index (χ0) is 17.9. The standard InChI is InChI=1S/C20H27N3O2.HI/c1-16(13-24-2)23-20(21)22-12-18-9-6-10-19(11-18)15-25-14-17-7-4-3-5-8-17;/h3-11,16H,12-15H2,1-2H3,(H3,21,22,23);1H. The summed E-state index contributed by atoms with van der Waals surface area (Å²) >= 11 is 0. The van der Waals surface area contributed by atoms with Gasteiger partial charge in [0.2, 0.25) is 0 Å². The van der Waals surface area contributed by atoms with Gasteiger partial charge < -0.3 is 20.5 Å². The highest BCUT2D eigenvalue weighted by Gasteiger charge is 2.02. The average Bonchev–Trinajstić information content (AvgIpc) is 2.61. The van der Waals surface area contributed by atoms with E-state index in [2.05, 4.69) is 34.6 Å². The molecule has 142 valence electrons. The molecule has 2 rings (SSSR count). The van der Waals surface area contributed by atoms with Crippen molar-refractivity contribution in [1.82, 2.24) is 5.32 Å². The molecule has 2 aromatic rings. The molecule has 0 spiro atoms. The van der Waals surface area contributed by atoms with Gasteiger partial charge in [-0.2, -0.15) is 0 Å². The van der Waals surface area contributed by atoms with Crippen molar-refractivity contribution < 1.29 is 9.47 Å². The summed E-state index contributed by atoms with van der Waals surface area (Å²) in [7, 11) is 1.66. The summed E-state index contributed by atoms with van der Waals surface area (Å²) in [5.41, 5.74) is 9.30. The third-order valence-corrected chi connectivity index (χ3v) is 3.61. The molecule has 1 unspecified atom stereocenters. The highest BCUT2D eigenvalue weighted by molar-refractivity contribution is 14.0. The van der Waals surface area contributed by atoms with E-state index in [-0.39, 0.29) is 30.0 Å². The van der Waals surface area contributed by atoms with E-state index in [1.165, 1.54) is 5.56 Å². The van der Waals surface area contributed by atoms with Crippen LogP contribution in [0, 0.1) is 0 Å². The van der Waals surface area contributed by atoms with Gasteiger partial charge >= 0.3 is 0 Å². The number of ether oxygens (including phenoxy) is 2. The number of methoxy groups -OCH3 is 1. The molecule has 0 aromatic heterocycles. The molecule has 0 aliphatic carbocycles. The van der Waals surface area contributed by atoms with E-state index in [4.69, 9.17) is 15.2 Å². The zero-order valence-electron chi connectivity index (χ0n) is 15.4. The van der Waals surface area contributed by atoms with Crippen molar-refractivity contribution in [3.63, 3.8) is 0 Å². The van der Waals surface area contributed by atoms with Gasteiger partial charge in [-0.1, -0.05) is 54.6 Å². The van der Waals surface area contributed by atoms with Gasteiger partial charge in [0.05, 0.1) is 26.4 Å². The lowest BCUT2D eigenvalue weighted by Gasteiger charge is -2.13. The van der Waals surface area contributed by atoms with Crippen LogP contribution in [0.4, 0.5) is 0 Å². The molecule has 0 fully saturated rings. The number of halogens is 1. The molecule has 0 aliphatic heterocycles. The third-order valence-electron chi connectivity index (χ3n) is 3.61. The van der Waals surface area contributed by atoms with Gasteiger partial charge in [-0.05, 0) is 23.6 Å². The molecule has 0 aliphatic rings. The summed E-state index contributed by atoms with van der Waals surface area (Å²) in [6, 6.07) is 18.5. The van der Waals surface area contributed by atoms with Crippen LogP contribution in [0.1, 0.15) is 23.6 Å². The Hall–Kier alpha value is -1.64. The molecule has 0 saturated heterocycles. The molecule has 0 saturated carbocycles. The second-order valence-corrected chi connectivity index (χ2v) is 6.00. The largest absolute Gasteiger partial charge is 0.383 e. The Bertz CT molecular complexity index is 665. The number of benzene rings is 2. The number of nitrogens with one attached hydrogen (secondary N) is 1. The molecule has 0 heterocycles. The fourth-order valence-corrected chi connectivity index (χ4v) is 2.44. The van der Waals surface area contributed by atoms with Crippen LogP contribution in [0.25, 0.3) is 0 Å². The normalized spacial score (nSPS) is 12.3. The van der Waals surface area contributed by atoms with E-state index in [9.17, 15) is 0 Å². The van der Waals surface area contributed by atoms with Crippen LogP contribution in [0.5, 0.6) is 0 Å². The Labute approximate surface area is 173 Å². The summed E-state index contributed by atoms with van der Waals surface area (Å²) in [6.45, 7) is 4.30. The molecule has 3 N–H and O–H groups in total. The first kappa shape index (κ1) is 22.4. The number of aliphatic imine (C=N–C) groups is 1. The van der Waals surface area contributed by atoms with Crippen molar-refractivity contribution in [3.05, 3.63) is 71.3 Å². The zero-order valence-corrected chi connectivity index (χ0v) is 17.7. The molecule has 0 bridgehead atoms. The highest BCUT2D eigenvalue weighted by atomic mass is 127. The number of nitrogens with two attached hydrogens (primary N) is 1. The Balaban J connectivity index is 0.00000338. The first-order valence-corrected chi connectivity index (χ1v) is 8.42. The maximum absolute atomic E-state index is 5.89. The van der Waals surface area contributed by atoms with Crippen molar-refractivity contribution in [3.8, 4) is 0 Å². The van der Waals surface area contributed by atoms with Gasteiger partial charge in [-0.3, -0.25) is 0 Å². The van der Waals surface area contributed by atoms with Crippen molar-refractivity contribution in [2.45, 2.75) is 32.7 Å². The van der Waals surface area contributed by atoms with E-state index in [1.54, 1.807) is 7.11 Å². The van der Waals surface area contributed by atoms with Gasteiger partial charge in [0.1, 0.15) is 0 Å². The van der Waals surface area contributed by atoms with Gasteiger partial charge in [-0.25, -0.2) is 4.99 Å². The Morgan fingerprint density at radius 2 is 1.69 bits per heavy atom. The summed E-state index contributed by atoms with van der Waals surface area (Å²) in [6.07, 6.45) is 0. The van der Waals surface area contributed by atoms with Crippen LogP contribution in [0.2, 0.25) is 0 Å². The maximum Gasteiger partial charge on any atom is 0.189 e. The molecular weight excluding hydrogens is 441 g/mol. The minimum Gasteiger partial charge on any atom is -0.383 e. The van der Waals surface area contributed by atoms with Crippen molar-refractivity contribution >= 4 is 29.9 Å². The maximum atomic E-state index is 5.89. The number of guanidine groups is 1. The van der Waals surface area contributed by atoms with Crippen molar-refractivity contribution in [2.24, 2.45) is 10.7 Å². The van der Waals surface area contributed by atoms with Crippen LogP contribution < -0.4 is 11.1 Å². The van der Waals surface area contributed by atoms with Gasteiger partial charge in [0.25, 0.3) is 0 Å². The summed E-state index contributed by atoms with van der Waals surface area (Å²) in [4.78, 5) is 4.37. The lowest BCUT2D eigenvalue weighted by molar-refractivity contribution is 0.107. The monoisotopic (exact) mass is 469 g/mol. The first-order valence-electron chi connectivity index (χ1n) is 8.42. The fourth-order valence-electron chi connectivity index (χ4n) is 2.44. The number of nitrogens with zero attached hydrogens (tertiary/aromatic N) is 1. The highest BCUT2D eigenvalue weighted by Crippen LogP contribution is 2.09. The predicted molar refractivity (Wildman–Crippen MR) is 117 cm³/mol. The van der Waals surface area contributed by atoms with Gasteiger partial charge in [0, 0.05) is 13.2 Å². The lowest BCUT2D eigenvalue weighted by Crippen LogP contribution is -2.40. The van der Waals surface area contributed by atoms with Gasteiger partial charge in [0.15, 0.2) is 5.96 Å². The summed E-state index contributed by atoms with van der Waals surface area (Å²) < 4.78 is 10.8. The minimum absolute atomic E-state index is 0. The summed E-state index contributed by atoms with van der Waals surface area (Å²) in [5.74, 6) is 0.426. The number of rotatable bonds is 9. The smallest absolute Gasteiger partial charge is 0.189 e. The van der Waals surface area contributed by atoms with E-state index in [1.807, 2.05) is 37.3 Å². The van der Waals surface area contributed by atoms with E-state index in [0.29, 0.717) is 32.3 Å². The molecule has 5 nitrogen and oxygen atoms in total. The number of hydrogen-bond donors (Lipinski definition) is 2. The van der Waals surface area contributed by atoms with E-state index >= 15 is 0 Å². The van der Waals surface area contributed by atoms with E-state index < -0.39 is 0 Å². The quantitative estimate of drug-likeness (QED) is 0.336. The fraction of sp³-hybridized carbons (Fsp3) is 0.350. The van der Waals surface area contributed by atoms with Gasteiger partial charge in [-0.15, -0.1) is 24.0 Å². The second kappa shape index (κ2) is 12.7. The topological polar surface area (TPSA) is 68.9 Å². The third kappa shape index (κ3) is 8.64. The van der Waals surface area contributed by atoms with Crippen LogP contribution in [0.3, 0.4) is 0 Å². The minimum atomic E-state index is 0. The molecule has 1 atom stereocenters. The lowest BCUT2D eigenvalue weighted by atomic mass is 10.1.